The van der Waals surface area contributed by atoms with Crippen molar-refractivity contribution >= 4 is 11.9 Å². The molecule has 19 heavy (non-hydrogen) atoms. The monoisotopic (exact) mass is 269 g/mol. The molecular formula is C14H23NO4. The molecule has 0 aromatic carbocycles. The van der Waals surface area contributed by atoms with E-state index in [-0.39, 0.29) is 30.4 Å². The molecule has 2 aliphatic carbocycles. The summed E-state index contributed by atoms with van der Waals surface area (Å²) in [5.74, 6) is -0.783. The molecule has 0 heterocycles. The molecule has 0 unspecified atom stereocenters. The Morgan fingerprint density at radius 3 is 2.26 bits per heavy atom. The molecule has 2 aliphatic rings. The van der Waals surface area contributed by atoms with Crippen molar-refractivity contribution < 1.29 is 19.8 Å². The summed E-state index contributed by atoms with van der Waals surface area (Å²) < 4.78 is 0. The van der Waals surface area contributed by atoms with Gasteiger partial charge in [-0.1, -0.05) is 12.8 Å². The SMILES string of the molecule is O=C(O)CC1(CC(=O)N(CCO)C2CC2)CCCC1. The van der Waals surface area contributed by atoms with Crippen LogP contribution in [0.3, 0.4) is 0 Å². The Balaban J connectivity index is 1.99. The van der Waals surface area contributed by atoms with E-state index in [1.165, 1.54) is 0 Å². The number of rotatable bonds is 7. The molecule has 108 valence electrons. The van der Waals surface area contributed by atoms with Crippen LogP contribution in [-0.2, 0) is 9.59 Å². The van der Waals surface area contributed by atoms with Gasteiger partial charge in [0.2, 0.25) is 5.91 Å². The molecule has 0 spiro atoms. The maximum Gasteiger partial charge on any atom is 0.303 e. The first-order chi connectivity index (χ1) is 9.06. The van der Waals surface area contributed by atoms with Gasteiger partial charge in [0.05, 0.1) is 13.0 Å². The van der Waals surface area contributed by atoms with E-state index in [1.807, 2.05) is 0 Å². The number of nitrogens with zero attached hydrogens (tertiary/aromatic N) is 1. The fourth-order valence-corrected chi connectivity index (χ4v) is 3.29. The standard InChI is InChI=1S/C14H23NO4/c16-8-7-15(11-3-4-11)12(17)9-14(10-13(18)19)5-1-2-6-14/h11,16H,1-10H2,(H,18,19). The van der Waals surface area contributed by atoms with Crippen molar-refractivity contribution in [2.45, 2.75) is 57.4 Å². The van der Waals surface area contributed by atoms with Gasteiger partial charge in [0.25, 0.3) is 0 Å². The molecule has 0 bridgehead atoms. The molecule has 0 aliphatic heterocycles. The van der Waals surface area contributed by atoms with Crippen LogP contribution in [0.2, 0.25) is 0 Å². The highest BCUT2D eigenvalue weighted by Crippen LogP contribution is 2.45. The number of carboxylic acids is 1. The molecule has 5 nitrogen and oxygen atoms in total. The fourth-order valence-electron chi connectivity index (χ4n) is 3.29. The van der Waals surface area contributed by atoms with Crippen molar-refractivity contribution in [3.63, 3.8) is 0 Å². The van der Waals surface area contributed by atoms with E-state index in [9.17, 15) is 9.59 Å². The minimum Gasteiger partial charge on any atom is -0.481 e. The van der Waals surface area contributed by atoms with Gasteiger partial charge >= 0.3 is 5.97 Å². The Kier molecular flexibility index (Phi) is 4.45. The van der Waals surface area contributed by atoms with Crippen LogP contribution in [-0.4, -0.2) is 46.2 Å². The number of aliphatic carboxylic acids is 1. The van der Waals surface area contributed by atoms with Crippen molar-refractivity contribution in [2.75, 3.05) is 13.2 Å². The predicted octanol–water partition coefficient (Wildman–Crippen LogP) is 1.39. The summed E-state index contributed by atoms with van der Waals surface area (Å²) in [6.07, 6.45) is 6.15. The van der Waals surface area contributed by atoms with Gasteiger partial charge in [-0.3, -0.25) is 9.59 Å². The van der Waals surface area contributed by atoms with Gasteiger partial charge in [-0.05, 0) is 31.1 Å². The van der Waals surface area contributed by atoms with E-state index in [1.54, 1.807) is 4.90 Å². The van der Waals surface area contributed by atoms with Crippen LogP contribution >= 0.6 is 0 Å². The summed E-state index contributed by atoms with van der Waals surface area (Å²) in [5.41, 5.74) is -0.342. The maximum atomic E-state index is 12.4. The van der Waals surface area contributed by atoms with Gasteiger partial charge < -0.3 is 15.1 Å². The zero-order chi connectivity index (χ0) is 13.9. The molecule has 0 saturated heterocycles. The van der Waals surface area contributed by atoms with E-state index < -0.39 is 5.97 Å². The maximum absolute atomic E-state index is 12.4. The summed E-state index contributed by atoms with van der Waals surface area (Å²) in [7, 11) is 0. The van der Waals surface area contributed by atoms with Crippen LogP contribution in [0, 0.1) is 5.41 Å². The Hall–Kier alpha value is -1.10. The lowest BCUT2D eigenvalue weighted by Crippen LogP contribution is -2.39. The third kappa shape index (κ3) is 3.69. The summed E-state index contributed by atoms with van der Waals surface area (Å²) in [5, 5.41) is 18.1. The lowest BCUT2D eigenvalue weighted by atomic mass is 9.79. The molecule has 0 aromatic rings. The average molecular weight is 269 g/mol. The first kappa shape index (κ1) is 14.3. The first-order valence-electron chi connectivity index (χ1n) is 7.18. The molecule has 0 aromatic heterocycles. The van der Waals surface area contributed by atoms with E-state index in [0.29, 0.717) is 13.0 Å². The topological polar surface area (TPSA) is 77.8 Å². The largest absolute Gasteiger partial charge is 0.481 e. The number of aliphatic hydroxyl groups excluding tert-OH is 1. The van der Waals surface area contributed by atoms with Crippen molar-refractivity contribution in [3.8, 4) is 0 Å². The zero-order valence-corrected chi connectivity index (χ0v) is 11.3. The Morgan fingerprint density at radius 2 is 1.79 bits per heavy atom. The summed E-state index contributed by atoms with van der Waals surface area (Å²) in [6.45, 7) is 0.362. The van der Waals surface area contributed by atoms with Crippen molar-refractivity contribution in [1.29, 1.82) is 0 Å². The number of hydrogen-bond donors (Lipinski definition) is 2. The van der Waals surface area contributed by atoms with Crippen LogP contribution in [0.4, 0.5) is 0 Å². The van der Waals surface area contributed by atoms with E-state index in [0.717, 1.165) is 38.5 Å². The second-order valence-corrected chi connectivity index (χ2v) is 6.00. The lowest BCUT2D eigenvalue weighted by molar-refractivity contribution is -0.141. The van der Waals surface area contributed by atoms with E-state index in [4.69, 9.17) is 10.2 Å². The summed E-state index contributed by atoms with van der Waals surface area (Å²) >= 11 is 0. The van der Waals surface area contributed by atoms with Crippen LogP contribution in [0.25, 0.3) is 0 Å². The number of aliphatic hydroxyl groups is 1. The Labute approximate surface area is 113 Å². The summed E-state index contributed by atoms with van der Waals surface area (Å²) in [6, 6.07) is 0.280. The zero-order valence-electron chi connectivity index (χ0n) is 11.3. The lowest BCUT2D eigenvalue weighted by Gasteiger charge is -2.30. The van der Waals surface area contributed by atoms with Crippen molar-refractivity contribution in [1.82, 2.24) is 4.90 Å². The third-order valence-corrected chi connectivity index (χ3v) is 4.37. The normalized spacial score (nSPS) is 21.3. The van der Waals surface area contributed by atoms with Gasteiger partial charge in [0.1, 0.15) is 0 Å². The van der Waals surface area contributed by atoms with E-state index in [2.05, 4.69) is 0 Å². The molecular weight excluding hydrogens is 246 g/mol. The quantitative estimate of drug-likeness (QED) is 0.732. The van der Waals surface area contributed by atoms with Gasteiger partial charge in [-0.25, -0.2) is 0 Å². The average Bonchev–Trinajstić information content (AvgIpc) is 3.07. The number of amides is 1. The minimum atomic E-state index is -0.810. The molecule has 0 atom stereocenters. The molecule has 2 N–H and O–H groups in total. The molecule has 0 radical (unpaired) electrons. The van der Waals surface area contributed by atoms with Gasteiger partial charge in [0.15, 0.2) is 0 Å². The molecule has 5 heteroatoms. The van der Waals surface area contributed by atoms with Crippen molar-refractivity contribution in [3.05, 3.63) is 0 Å². The molecule has 2 saturated carbocycles. The van der Waals surface area contributed by atoms with Crippen molar-refractivity contribution in [2.24, 2.45) is 5.41 Å². The third-order valence-electron chi connectivity index (χ3n) is 4.37. The second kappa shape index (κ2) is 5.90. The Bertz CT molecular complexity index is 345. The molecule has 1 amide bonds. The highest BCUT2D eigenvalue weighted by molar-refractivity contribution is 5.79. The van der Waals surface area contributed by atoms with Crippen LogP contribution in [0.1, 0.15) is 51.4 Å². The van der Waals surface area contributed by atoms with Crippen LogP contribution in [0.15, 0.2) is 0 Å². The smallest absolute Gasteiger partial charge is 0.303 e. The number of carbonyl (C=O) groups is 2. The second-order valence-electron chi connectivity index (χ2n) is 6.00. The molecule has 2 rings (SSSR count). The van der Waals surface area contributed by atoms with Gasteiger partial charge in [0, 0.05) is 19.0 Å². The number of carboxylic acid groups (broad SMARTS) is 1. The first-order valence-corrected chi connectivity index (χ1v) is 7.18. The number of carbonyl (C=O) groups excluding carboxylic acids is 1. The summed E-state index contributed by atoms with van der Waals surface area (Å²) in [4.78, 5) is 25.1. The fraction of sp³-hybridized carbons (Fsp3) is 0.857. The van der Waals surface area contributed by atoms with E-state index >= 15 is 0 Å². The van der Waals surface area contributed by atoms with Crippen LogP contribution in [0.5, 0.6) is 0 Å². The number of hydrogen-bond acceptors (Lipinski definition) is 3. The predicted molar refractivity (Wildman–Crippen MR) is 69.6 cm³/mol. The highest BCUT2D eigenvalue weighted by atomic mass is 16.4. The minimum absolute atomic E-state index is 0.0197. The van der Waals surface area contributed by atoms with Gasteiger partial charge in [-0.2, -0.15) is 0 Å². The van der Waals surface area contributed by atoms with Gasteiger partial charge in [-0.15, -0.1) is 0 Å². The Morgan fingerprint density at radius 1 is 1.16 bits per heavy atom. The molecule has 2 fully saturated rings. The highest BCUT2D eigenvalue weighted by Gasteiger charge is 2.41. The van der Waals surface area contributed by atoms with Crippen LogP contribution < -0.4 is 0 Å².